The molecule has 1 N–H and O–H groups in total. The van der Waals surface area contributed by atoms with Crippen LogP contribution in [0.3, 0.4) is 0 Å². The van der Waals surface area contributed by atoms with Gasteiger partial charge in [0.25, 0.3) is 0 Å². The molecule has 122 valence electrons. The number of aromatic nitrogens is 2. The van der Waals surface area contributed by atoms with Gasteiger partial charge in [-0.3, -0.25) is 9.78 Å². The van der Waals surface area contributed by atoms with E-state index in [1.165, 1.54) is 11.3 Å². The summed E-state index contributed by atoms with van der Waals surface area (Å²) in [6, 6.07) is 3.55. The van der Waals surface area contributed by atoms with Crippen LogP contribution in [0.2, 0.25) is 0 Å². The Labute approximate surface area is 138 Å². The third-order valence-corrected chi connectivity index (χ3v) is 6.37. The molecule has 1 aliphatic rings. The molecule has 0 aliphatic carbocycles. The molecule has 6 nitrogen and oxygen atoms in total. The van der Waals surface area contributed by atoms with Crippen LogP contribution in [-0.2, 0) is 21.1 Å². The Morgan fingerprint density at radius 1 is 1.35 bits per heavy atom. The van der Waals surface area contributed by atoms with Crippen LogP contribution in [0.15, 0.2) is 29.9 Å². The fourth-order valence-electron chi connectivity index (χ4n) is 2.51. The lowest BCUT2D eigenvalue weighted by Crippen LogP contribution is -2.35. The average molecular weight is 351 g/mol. The second kappa shape index (κ2) is 6.76. The fourth-order valence-corrected chi connectivity index (χ4v) is 4.99. The number of thiazole rings is 1. The van der Waals surface area contributed by atoms with Gasteiger partial charge in [0.1, 0.15) is 0 Å². The van der Waals surface area contributed by atoms with E-state index in [9.17, 15) is 13.2 Å². The van der Waals surface area contributed by atoms with Crippen molar-refractivity contribution in [1.29, 1.82) is 0 Å². The summed E-state index contributed by atoms with van der Waals surface area (Å²) in [5, 5.41) is 5.65. The van der Waals surface area contributed by atoms with Gasteiger partial charge in [0.15, 0.2) is 9.84 Å². The highest BCUT2D eigenvalue weighted by Crippen LogP contribution is 2.22. The molecule has 3 rings (SSSR count). The Morgan fingerprint density at radius 3 is 2.83 bits per heavy atom. The number of aryl methyl sites for hydroxylation is 1. The minimum atomic E-state index is -2.97. The van der Waals surface area contributed by atoms with E-state index in [0.717, 1.165) is 16.3 Å². The predicted molar refractivity (Wildman–Crippen MR) is 88.9 cm³/mol. The molecule has 1 atom stereocenters. The SMILES string of the molecule is O=C(CCc1nc(-c2ccncc2)cs1)NC1CCS(=O)(=O)C1. The van der Waals surface area contributed by atoms with Crippen molar-refractivity contribution in [2.24, 2.45) is 0 Å². The second-order valence-corrected chi connectivity index (χ2v) is 8.70. The largest absolute Gasteiger partial charge is 0.352 e. The van der Waals surface area contributed by atoms with Crippen molar-refractivity contribution < 1.29 is 13.2 Å². The van der Waals surface area contributed by atoms with Gasteiger partial charge in [-0.2, -0.15) is 0 Å². The number of carbonyl (C=O) groups excluding carboxylic acids is 1. The van der Waals surface area contributed by atoms with E-state index in [-0.39, 0.29) is 23.5 Å². The zero-order chi connectivity index (χ0) is 16.3. The molecule has 23 heavy (non-hydrogen) atoms. The van der Waals surface area contributed by atoms with E-state index in [1.54, 1.807) is 12.4 Å². The predicted octanol–water partition coefficient (Wildman–Crippen LogP) is 1.44. The molecule has 1 unspecified atom stereocenters. The van der Waals surface area contributed by atoms with E-state index < -0.39 is 9.84 Å². The molecule has 1 amide bonds. The van der Waals surface area contributed by atoms with Crippen molar-refractivity contribution >= 4 is 27.1 Å². The highest BCUT2D eigenvalue weighted by molar-refractivity contribution is 7.91. The molecule has 0 bridgehead atoms. The maximum Gasteiger partial charge on any atom is 0.220 e. The number of amides is 1. The molecule has 3 heterocycles. The number of hydrogen-bond acceptors (Lipinski definition) is 6. The first-order chi connectivity index (χ1) is 11.0. The summed E-state index contributed by atoms with van der Waals surface area (Å²) in [5.74, 6) is 0.106. The molecular formula is C15H17N3O3S2. The van der Waals surface area contributed by atoms with Crippen LogP contribution in [-0.4, -0.2) is 41.8 Å². The van der Waals surface area contributed by atoms with Crippen molar-refractivity contribution in [3.63, 3.8) is 0 Å². The van der Waals surface area contributed by atoms with E-state index in [4.69, 9.17) is 0 Å². The quantitative estimate of drug-likeness (QED) is 0.880. The molecule has 0 saturated carbocycles. The summed E-state index contributed by atoms with van der Waals surface area (Å²) in [6.07, 6.45) is 4.83. The van der Waals surface area contributed by atoms with E-state index in [1.807, 2.05) is 17.5 Å². The zero-order valence-corrected chi connectivity index (χ0v) is 14.1. The molecule has 1 saturated heterocycles. The summed E-state index contributed by atoms with van der Waals surface area (Å²) in [7, 11) is -2.97. The molecule has 1 aliphatic heterocycles. The normalized spacial score (nSPS) is 19.6. The number of nitrogens with zero attached hydrogens (tertiary/aromatic N) is 2. The van der Waals surface area contributed by atoms with Gasteiger partial charge in [0.05, 0.1) is 22.2 Å². The molecule has 8 heteroatoms. The van der Waals surface area contributed by atoms with Crippen LogP contribution in [0, 0.1) is 0 Å². The van der Waals surface area contributed by atoms with Crippen LogP contribution < -0.4 is 5.32 Å². The van der Waals surface area contributed by atoms with Crippen LogP contribution in [0.5, 0.6) is 0 Å². The van der Waals surface area contributed by atoms with Gasteiger partial charge in [-0.1, -0.05) is 0 Å². The van der Waals surface area contributed by atoms with E-state index >= 15 is 0 Å². The third-order valence-electron chi connectivity index (χ3n) is 3.69. The van der Waals surface area contributed by atoms with E-state index in [2.05, 4.69) is 15.3 Å². The van der Waals surface area contributed by atoms with Crippen molar-refractivity contribution in [2.45, 2.75) is 25.3 Å². The van der Waals surface area contributed by atoms with Crippen LogP contribution in [0.25, 0.3) is 11.3 Å². The van der Waals surface area contributed by atoms with Gasteiger partial charge in [-0.25, -0.2) is 13.4 Å². The standard InChI is InChI=1S/C15H17N3O3S2/c19-14(17-12-5-8-23(20,21)10-12)1-2-15-18-13(9-22-15)11-3-6-16-7-4-11/h3-4,6-7,9,12H,1-2,5,8,10H2,(H,17,19). The van der Waals surface area contributed by atoms with Crippen molar-refractivity contribution in [3.8, 4) is 11.3 Å². The number of carbonyl (C=O) groups is 1. The maximum absolute atomic E-state index is 11.9. The topological polar surface area (TPSA) is 89.0 Å². The lowest BCUT2D eigenvalue weighted by Gasteiger charge is -2.09. The van der Waals surface area contributed by atoms with Crippen molar-refractivity contribution in [1.82, 2.24) is 15.3 Å². The smallest absolute Gasteiger partial charge is 0.220 e. The first-order valence-corrected chi connectivity index (χ1v) is 10.1. The maximum atomic E-state index is 11.9. The third kappa shape index (κ3) is 4.35. The number of hydrogen-bond donors (Lipinski definition) is 1. The monoisotopic (exact) mass is 351 g/mol. The summed E-state index contributed by atoms with van der Waals surface area (Å²) in [5.41, 5.74) is 1.89. The van der Waals surface area contributed by atoms with Gasteiger partial charge < -0.3 is 5.32 Å². The Hall–Kier alpha value is -1.80. The number of pyridine rings is 1. The molecule has 1 fully saturated rings. The number of nitrogens with one attached hydrogen (secondary N) is 1. The highest BCUT2D eigenvalue weighted by atomic mass is 32.2. The van der Waals surface area contributed by atoms with Gasteiger partial charge in [-0.05, 0) is 18.6 Å². The first-order valence-electron chi connectivity index (χ1n) is 7.36. The van der Waals surface area contributed by atoms with Crippen LogP contribution in [0.1, 0.15) is 17.8 Å². The Balaban J connectivity index is 1.51. The molecule has 0 radical (unpaired) electrons. The molecule has 2 aromatic heterocycles. The first kappa shape index (κ1) is 16.1. The van der Waals surface area contributed by atoms with Crippen LogP contribution >= 0.6 is 11.3 Å². The molecule has 2 aromatic rings. The van der Waals surface area contributed by atoms with Crippen molar-refractivity contribution in [3.05, 3.63) is 34.9 Å². The molecular weight excluding hydrogens is 334 g/mol. The summed E-state index contributed by atoms with van der Waals surface area (Å²) < 4.78 is 22.8. The Kier molecular flexibility index (Phi) is 4.72. The van der Waals surface area contributed by atoms with Gasteiger partial charge in [-0.15, -0.1) is 11.3 Å². The van der Waals surface area contributed by atoms with E-state index in [0.29, 0.717) is 19.3 Å². The molecule has 0 aromatic carbocycles. The van der Waals surface area contributed by atoms with Gasteiger partial charge >= 0.3 is 0 Å². The minimum absolute atomic E-state index is 0.0577. The average Bonchev–Trinajstić information content (AvgIpc) is 3.13. The van der Waals surface area contributed by atoms with Gasteiger partial charge in [0.2, 0.25) is 5.91 Å². The van der Waals surface area contributed by atoms with Crippen molar-refractivity contribution in [2.75, 3.05) is 11.5 Å². The summed E-state index contributed by atoms with van der Waals surface area (Å²) in [4.78, 5) is 20.4. The zero-order valence-electron chi connectivity index (χ0n) is 12.4. The van der Waals surface area contributed by atoms with Crippen LogP contribution in [0.4, 0.5) is 0 Å². The summed E-state index contributed by atoms with van der Waals surface area (Å²) >= 11 is 1.52. The Bertz CT molecular complexity index is 787. The lowest BCUT2D eigenvalue weighted by atomic mass is 10.2. The number of rotatable bonds is 5. The lowest BCUT2D eigenvalue weighted by molar-refractivity contribution is -0.121. The minimum Gasteiger partial charge on any atom is -0.352 e. The highest BCUT2D eigenvalue weighted by Gasteiger charge is 2.28. The van der Waals surface area contributed by atoms with Gasteiger partial charge in [0, 0.05) is 42.2 Å². The Morgan fingerprint density at radius 2 is 2.13 bits per heavy atom. The number of sulfone groups is 1. The summed E-state index contributed by atoms with van der Waals surface area (Å²) in [6.45, 7) is 0. The molecule has 0 spiro atoms. The fraction of sp³-hybridized carbons (Fsp3) is 0.400. The second-order valence-electron chi connectivity index (χ2n) is 5.53.